The zero-order valence-electron chi connectivity index (χ0n) is 7.68. The Morgan fingerprint density at radius 2 is 1.91 bits per heavy atom. The Morgan fingerprint density at radius 1 is 1.18 bits per heavy atom. The lowest BCUT2D eigenvalue weighted by Crippen LogP contribution is -1.88. The average molecular weight is 152 g/mol. The third-order valence-corrected chi connectivity index (χ3v) is 2.57. The van der Waals surface area contributed by atoms with Crippen LogP contribution in [0.25, 0.3) is 0 Å². The molecule has 11 heavy (non-hydrogen) atoms. The topological polar surface area (TPSA) is 0 Å². The Morgan fingerprint density at radius 3 is 2.55 bits per heavy atom. The van der Waals surface area contributed by atoms with Crippen LogP contribution in [0.2, 0.25) is 0 Å². The summed E-state index contributed by atoms with van der Waals surface area (Å²) in [6.45, 7) is 2.24. The second kappa shape index (κ2) is 5.40. The van der Waals surface area contributed by atoms with Crippen LogP contribution in [0.3, 0.4) is 0 Å². The number of allylic oxidation sites excluding steroid dienone is 2. The van der Waals surface area contributed by atoms with E-state index in [9.17, 15) is 0 Å². The molecule has 0 heterocycles. The van der Waals surface area contributed by atoms with Gasteiger partial charge < -0.3 is 0 Å². The van der Waals surface area contributed by atoms with Crippen LogP contribution in [0.4, 0.5) is 0 Å². The van der Waals surface area contributed by atoms with E-state index in [1.54, 1.807) is 0 Å². The van der Waals surface area contributed by atoms with Crippen molar-refractivity contribution in [2.45, 2.75) is 51.9 Å². The van der Waals surface area contributed by atoms with Gasteiger partial charge in [-0.3, -0.25) is 0 Å². The number of hydrogen-bond acceptors (Lipinski definition) is 0. The Hall–Kier alpha value is -0.260. The van der Waals surface area contributed by atoms with Crippen LogP contribution in [-0.2, 0) is 0 Å². The molecule has 0 N–H and O–H groups in total. The van der Waals surface area contributed by atoms with Crippen molar-refractivity contribution in [3.63, 3.8) is 0 Å². The van der Waals surface area contributed by atoms with E-state index >= 15 is 0 Å². The SMILES string of the molecule is CCCC=CCC1CCCC1. The first-order chi connectivity index (χ1) is 5.43. The summed E-state index contributed by atoms with van der Waals surface area (Å²) >= 11 is 0. The Bertz CT molecular complexity index is 107. The summed E-state index contributed by atoms with van der Waals surface area (Å²) < 4.78 is 0. The second-order valence-electron chi connectivity index (χ2n) is 3.65. The molecule has 0 spiro atoms. The normalized spacial score (nSPS) is 20.1. The van der Waals surface area contributed by atoms with Gasteiger partial charge in [0.25, 0.3) is 0 Å². The minimum absolute atomic E-state index is 1.03. The lowest BCUT2D eigenvalue weighted by atomic mass is 10.0. The van der Waals surface area contributed by atoms with Crippen LogP contribution in [0, 0.1) is 5.92 Å². The van der Waals surface area contributed by atoms with Gasteiger partial charge in [-0.2, -0.15) is 0 Å². The summed E-state index contributed by atoms with van der Waals surface area (Å²) in [4.78, 5) is 0. The summed E-state index contributed by atoms with van der Waals surface area (Å²) in [7, 11) is 0. The Labute approximate surface area is 70.7 Å². The van der Waals surface area contributed by atoms with E-state index in [-0.39, 0.29) is 0 Å². The molecule has 1 aliphatic carbocycles. The molecule has 0 bridgehead atoms. The van der Waals surface area contributed by atoms with Crippen LogP contribution >= 0.6 is 0 Å². The molecule has 0 nitrogen and oxygen atoms in total. The van der Waals surface area contributed by atoms with Crippen molar-refractivity contribution >= 4 is 0 Å². The fourth-order valence-corrected chi connectivity index (χ4v) is 1.82. The Balaban J connectivity index is 2.01. The van der Waals surface area contributed by atoms with E-state index in [0.29, 0.717) is 0 Å². The third-order valence-electron chi connectivity index (χ3n) is 2.57. The first-order valence-corrected chi connectivity index (χ1v) is 5.08. The minimum Gasteiger partial charge on any atom is -0.0885 e. The van der Waals surface area contributed by atoms with Crippen LogP contribution in [0.15, 0.2) is 12.2 Å². The fraction of sp³-hybridized carbons (Fsp3) is 0.818. The fourth-order valence-electron chi connectivity index (χ4n) is 1.82. The lowest BCUT2D eigenvalue weighted by molar-refractivity contribution is 0.557. The molecule has 0 saturated heterocycles. The molecule has 0 atom stereocenters. The summed E-state index contributed by atoms with van der Waals surface area (Å²) in [5.41, 5.74) is 0. The maximum absolute atomic E-state index is 2.39. The molecule has 64 valence electrons. The second-order valence-corrected chi connectivity index (χ2v) is 3.65. The number of unbranched alkanes of at least 4 members (excludes halogenated alkanes) is 1. The molecule has 0 aromatic carbocycles. The van der Waals surface area contributed by atoms with E-state index in [2.05, 4.69) is 19.1 Å². The van der Waals surface area contributed by atoms with Crippen molar-refractivity contribution in [1.82, 2.24) is 0 Å². The summed E-state index contributed by atoms with van der Waals surface area (Å²) in [5.74, 6) is 1.03. The molecule has 1 fully saturated rings. The molecule has 0 unspecified atom stereocenters. The maximum Gasteiger partial charge on any atom is -0.0322 e. The highest BCUT2D eigenvalue weighted by atomic mass is 14.2. The van der Waals surface area contributed by atoms with Gasteiger partial charge in [-0.25, -0.2) is 0 Å². The molecule has 1 saturated carbocycles. The van der Waals surface area contributed by atoms with Crippen LogP contribution in [0.1, 0.15) is 51.9 Å². The van der Waals surface area contributed by atoms with E-state index in [1.165, 1.54) is 44.9 Å². The van der Waals surface area contributed by atoms with Gasteiger partial charge in [0.2, 0.25) is 0 Å². The van der Waals surface area contributed by atoms with Crippen molar-refractivity contribution in [2.24, 2.45) is 5.92 Å². The lowest BCUT2D eigenvalue weighted by Gasteiger charge is -2.02. The predicted octanol–water partition coefficient (Wildman–Crippen LogP) is 3.92. The first kappa shape index (κ1) is 8.83. The summed E-state index contributed by atoms with van der Waals surface area (Å²) in [6.07, 6.45) is 14.6. The smallest absolute Gasteiger partial charge is 0.0322 e. The van der Waals surface area contributed by atoms with Gasteiger partial charge in [0.15, 0.2) is 0 Å². The highest BCUT2D eigenvalue weighted by Crippen LogP contribution is 2.27. The molecule has 0 aliphatic heterocycles. The molecular weight excluding hydrogens is 132 g/mol. The average Bonchev–Trinajstić information content (AvgIpc) is 2.50. The van der Waals surface area contributed by atoms with Crippen molar-refractivity contribution in [1.29, 1.82) is 0 Å². The van der Waals surface area contributed by atoms with Crippen LogP contribution in [0.5, 0.6) is 0 Å². The van der Waals surface area contributed by atoms with Crippen molar-refractivity contribution in [3.8, 4) is 0 Å². The molecular formula is C11H20. The number of rotatable bonds is 4. The summed E-state index contributed by atoms with van der Waals surface area (Å²) in [5, 5.41) is 0. The quantitative estimate of drug-likeness (QED) is 0.535. The van der Waals surface area contributed by atoms with Crippen LogP contribution < -0.4 is 0 Å². The molecule has 0 amide bonds. The van der Waals surface area contributed by atoms with Crippen molar-refractivity contribution in [3.05, 3.63) is 12.2 Å². The van der Waals surface area contributed by atoms with Gasteiger partial charge in [-0.15, -0.1) is 0 Å². The molecule has 0 aromatic rings. The van der Waals surface area contributed by atoms with Gasteiger partial charge in [-0.1, -0.05) is 51.2 Å². The van der Waals surface area contributed by atoms with Gasteiger partial charge in [-0.05, 0) is 18.8 Å². The predicted molar refractivity (Wildman–Crippen MR) is 50.6 cm³/mol. The monoisotopic (exact) mass is 152 g/mol. The zero-order chi connectivity index (χ0) is 7.94. The van der Waals surface area contributed by atoms with Gasteiger partial charge in [0, 0.05) is 0 Å². The summed E-state index contributed by atoms with van der Waals surface area (Å²) in [6, 6.07) is 0. The standard InChI is InChI=1S/C11H20/c1-2-3-4-5-8-11-9-6-7-10-11/h4-5,11H,2-3,6-10H2,1H3. The molecule has 1 rings (SSSR count). The van der Waals surface area contributed by atoms with Crippen molar-refractivity contribution in [2.75, 3.05) is 0 Å². The molecule has 0 radical (unpaired) electrons. The van der Waals surface area contributed by atoms with Crippen LogP contribution in [-0.4, -0.2) is 0 Å². The van der Waals surface area contributed by atoms with Crippen molar-refractivity contribution < 1.29 is 0 Å². The van der Waals surface area contributed by atoms with Gasteiger partial charge >= 0.3 is 0 Å². The van der Waals surface area contributed by atoms with E-state index in [1.807, 2.05) is 0 Å². The molecule has 1 aliphatic rings. The maximum atomic E-state index is 2.39. The third kappa shape index (κ3) is 3.60. The van der Waals surface area contributed by atoms with Gasteiger partial charge in [0.05, 0.1) is 0 Å². The largest absolute Gasteiger partial charge is 0.0885 e. The first-order valence-electron chi connectivity index (χ1n) is 5.08. The van der Waals surface area contributed by atoms with E-state index in [4.69, 9.17) is 0 Å². The van der Waals surface area contributed by atoms with E-state index < -0.39 is 0 Å². The molecule has 0 heteroatoms. The minimum atomic E-state index is 1.03. The highest BCUT2D eigenvalue weighted by molar-refractivity contribution is 4.85. The molecule has 0 aromatic heterocycles. The van der Waals surface area contributed by atoms with Gasteiger partial charge in [0.1, 0.15) is 0 Å². The zero-order valence-corrected chi connectivity index (χ0v) is 7.68. The Kier molecular flexibility index (Phi) is 4.33. The van der Waals surface area contributed by atoms with E-state index in [0.717, 1.165) is 5.92 Å². The highest BCUT2D eigenvalue weighted by Gasteiger charge is 2.12. The number of hydrogen-bond donors (Lipinski definition) is 0.